The first-order valence-electron chi connectivity index (χ1n) is 19.1. The van der Waals surface area contributed by atoms with Crippen molar-refractivity contribution in [2.45, 2.75) is 0 Å². The van der Waals surface area contributed by atoms with Crippen molar-refractivity contribution in [3.63, 3.8) is 0 Å². The molecule has 0 atom stereocenters. The molecule has 0 N–H and O–H groups in total. The van der Waals surface area contributed by atoms with E-state index in [4.69, 9.17) is 25.9 Å². The Balaban J connectivity index is 1.42. The van der Waals surface area contributed by atoms with E-state index in [1.54, 1.807) is 6.07 Å². The highest BCUT2D eigenvalue weighted by atomic mass is 15.0. The lowest BCUT2D eigenvalue weighted by atomic mass is 9.98. The fourth-order valence-corrected chi connectivity index (χ4v) is 6.02. The second-order valence-electron chi connectivity index (χ2n) is 11.2. The van der Waals surface area contributed by atoms with Crippen LogP contribution >= 0.6 is 0 Å². The van der Waals surface area contributed by atoms with Gasteiger partial charge in [0, 0.05) is 33.2 Å². The quantitative estimate of drug-likeness (QED) is 0.195. The Labute approximate surface area is 283 Å². The number of hydrogen-bond acceptors (Lipinski definition) is 3. The number of hydrogen-bond donors (Lipinski definition) is 0. The van der Waals surface area contributed by atoms with Gasteiger partial charge in [-0.1, -0.05) is 133 Å². The van der Waals surface area contributed by atoms with Crippen LogP contribution in [0.3, 0.4) is 0 Å². The molecule has 2 heterocycles. The zero-order valence-electron chi connectivity index (χ0n) is 32.8. The Morgan fingerprint density at radius 3 is 1.53 bits per heavy atom. The van der Waals surface area contributed by atoms with Gasteiger partial charge in [0.1, 0.15) is 0 Å². The largest absolute Gasteiger partial charge is 0.309 e. The summed E-state index contributed by atoms with van der Waals surface area (Å²) in [5.74, 6) is 1.23. The van der Waals surface area contributed by atoms with Crippen molar-refractivity contribution in [1.82, 2.24) is 19.5 Å². The van der Waals surface area contributed by atoms with Crippen LogP contribution in [0.4, 0.5) is 0 Å². The molecule has 0 aliphatic heterocycles. The molecule has 9 rings (SSSR count). The van der Waals surface area contributed by atoms with Crippen molar-refractivity contribution in [2.75, 3.05) is 0 Å². The molecule has 47 heavy (non-hydrogen) atoms. The SMILES string of the molecule is [2H]c1c([2H])c([2H])c2c(c1[2H])c1c([2H])c([2H])c([2H])c([2H])c1n2-c1cc(-c2ccc3ccccc3c2)cc(-c2nc(-c3ccccc3)nc(-c3ccccc3)n2)c1. The van der Waals surface area contributed by atoms with Gasteiger partial charge in [0.2, 0.25) is 0 Å². The molecule has 0 saturated heterocycles. The van der Waals surface area contributed by atoms with Gasteiger partial charge >= 0.3 is 0 Å². The topological polar surface area (TPSA) is 43.6 Å². The van der Waals surface area contributed by atoms with Crippen LogP contribution in [0.5, 0.6) is 0 Å². The lowest BCUT2D eigenvalue weighted by Gasteiger charge is -2.15. The number of para-hydroxylation sites is 2. The molecule has 9 aromatic rings. The maximum absolute atomic E-state index is 9.11. The van der Waals surface area contributed by atoms with Crippen LogP contribution in [0.2, 0.25) is 0 Å². The van der Waals surface area contributed by atoms with Crippen molar-refractivity contribution in [3.8, 4) is 51.0 Å². The molecule has 0 bridgehead atoms. The molecule has 0 spiro atoms. The van der Waals surface area contributed by atoms with Gasteiger partial charge in [-0.05, 0) is 58.2 Å². The molecular weight excluding hydrogens is 573 g/mol. The van der Waals surface area contributed by atoms with E-state index in [9.17, 15) is 0 Å². The Hall–Kier alpha value is -6.39. The van der Waals surface area contributed by atoms with Gasteiger partial charge in [0.05, 0.1) is 22.0 Å². The smallest absolute Gasteiger partial charge is 0.164 e. The summed E-state index contributed by atoms with van der Waals surface area (Å²) in [6.45, 7) is 0. The summed E-state index contributed by atoms with van der Waals surface area (Å²) in [5.41, 5.74) is 4.12. The third-order valence-corrected chi connectivity index (χ3v) is 8.25. The first-order chi connectivity index (χ1) is 26.6. The van der Waals surface area contributed by atoms with Gasteiger partial charge in [-0.15, -0.1) is 0 Å². The summed E-state index contributed by atoms with van der Waals surface area (Å²) < 4.78 is 71.9. The lowest BCUT2D eigenvalue weighted by molar-refractivity contribution is 1.07. The molecular formula is C43H28N4. The molecule has 4 heteroatoms. The Morgan fingerprint density at radius 1 is 0.404 bits per heavy atom. The second kappa shape index (κ2) is 11.2. The lowest BCUT2D eigenvalue weighted by Crippen LogP contribution is -2.01. The number of fused-ring (bicyclic) bond motifs is 4. The van der Waals surface area contributed by atoms with Crippen LogP contribution in [-0.4, -0.2) is 19.5 Å². The number of nitrogens with zero attached hydrogens (tertiary/aromatic N) is 4. The summed E-state index contributed by atoms with van der Waals surface area (Å²) in [4.78, 5) is 14.8. The van der Waals surface area contributed by atoms with E-state index in [2.05, 4.69) is 6.07 Å². The van der Waals surface area contributed by atoms with Crippen molar-refractivity contribution in [3.05, 3.63) is 170 Å². The molecule has 0 aliphatic carbocycles. The first kappa shape index (κ1) is 19.9. The Morgan fingerprint density at radius 2 is 0.915 bits per heavy atom. The zero-order valence-corrected chi connectivity index (χ0v) is 24.8. The predicted octanol–water partition coefficient (Wildman–Crippen LogP) is 10.8. The number of rotatable bonds is 5. The average molecular weight is 609 g/mol. The standard InChI is InChI=1S/C43H28N4/c1-3-14-30(15-4-1)41-44-42(31-16-5-2-6-17-31)46-43(45-41)35-26-34(33-24-23-29-13-7-8-18-32(29)25-33)27-36(28-35)47-39-21-11-9-19-37(39)38-20-10-12-22-40(38)47/h1-28H/i9D,10D,11D,12D,19D,20D,21D,22D. The van der Waals surface area contributed by atoms with Crippen LogP contribution in [0.15, 0.2) is 170 Å². The molecule has 0 fully saturated rings. The van der Waals surface area contributed by atoms with E-state index < -0.39 is 36.3 Å². The van der Waals surface area contributed by atoms with Crippen molar-refractivity contribution >= 4 is 32.6 Å². The summed E-state index contributed by atoms with van der Waals surface area (Å²) in [6, 6.07) is 35.3. The molecule has 4 nitrogen and oxygen atoms in total. The van der Waals surface area contributed by atoms with E-state index in [-0.39, 0.29) is 33.9 Å². The van der Waals surface area contributed by atoms with Crippen LogP contribution in [0, 0.1) is 0 Å². The van der Waals surface area contributed by atoms with Gasteiger partial charge in [-0.2, -0.15) is 0 Å². The van der Waals surface area contributed by atoms with Crippen LogP contribution in [0.1, 0.15) is 11.0 Å². The first-order valence-corrected chi connectivity index (χ1v) is 15.1. The monoisotopic (exact) mass is 608 g/mol. The third kappa shape index (κ3) is 4.84. The molecule has 0 unspecified atom stereocenters. The van der Waals surface area contributed by atoms with E-state index in [0.29, 0.717) is 28.7 Å². The van der Waals surface area contributed by atoms with Gasteiger partial charge in [0.25, 0.3) is 0 Å². The van der Waals surface area contributed by atoms with Crippen LogP contribution in [-0.2, 0) is 0 Å². The average Bonchev–Trinajstić information content (AvgIpc) is 3.60. The van der Waals surface area contributed by atoms with Crippen LogP contribution in [0.25, 0.3) is 83.6 Å². The molecule has 2 aromatic heterocycles. The van der Waals surface area contributed by atoms with E-state index >= 15 is 0 Å². The summed E-state index contributed by atoms with van der Waals surface area (Å²) in [5, 5.41) is 2.06. The van der Waals surface area contributed by atoms with Gasteiger partial charge in [0.15, 0.2) is 17.5 Å². The van der Waals surface area contributed by atoms with E-state index in [1.165, 1.54) is 4.57 Å². The highest BCUT2D eigenvalue weighted by molar-refractivity contribution is 6.09. The summed E-state index contributed by atoms with van der Waals surface area (Å²) >= 11 is 0. The summed E-state index contributed by atoms with van der Waals surface area (Å²) in [6.07, 6.45) is 0. The number of benzene rings is 7. The van der Waals surface area contributed by atoms with E-state index in [0.717, 1.165) is 33.0 Å². The van der Waals surface area contributed by atoms with Crippen molar-refractivity contribution in [2.24, 2.45) is 0 Å². The van der Waals surface area contributed by atoms with Gasteiger partial charge in [-0.3, -0.25) is 0 Å². The second-order valence-corrected chi connectivity index (χ2v) is 11.2. The van der Waals surface area contributed by atoms with E-state index in [1.807, 2.05) is 109 Å². The third-order valence-electron chi connectivity index (χ3n) is 8.25. The predicted molar refractivity (Wildman–Crippen MR) is 193 cm³/mol. The Bertz CT molecular complexity index is 2890. The Kier molecular flexibility index (Phi) is 4.74. The highest BCUT2D eigenvalue weighted by Gasteiger charge is 2.17. The molecule has 220 valence electrons. The molecule has 0 amide bonds. The molecule has 0 radical (unpaired) electrons. The molecule has 7 aromatic carbocycles. The van der Waals surface area contributed by atoms with Gasteiger partial charge in [-0.25, -0.2) is 15.0 Å². The van der Waals surface area contributed by atoms with Crippen molar-refractivity contribution in [1.29, 1.82) is 0 Å². The van der Waals surface area contributed by atoms with Crippen molar-refractivity contribution < 1.29 is 11.0 Å². The van der Waals surface area contributed by atoms with Crippen LogP contribution < -0.4 is 0 Å². The minimum absolute atomic E-state index is 0.00328. The zero-order chi connectivity index (χ0) is 38.1. The summed E-state index contributed by atoms with van der Waals surface area (Å²) in [7, 11) is 0. The maximum Gasteiger partial charge on any atom is 0.164 e. The normalized spacial score (nSPS) is 13.8. The minimum Gasteiger partial charge on any atom is -0.309 e. The molecule has 0 aliphatic rings. The minimum atomic E-state index is -0.498. The maximum atomic E-state index is 9.11. The van der Waals surface area contributed by atoms with Gasteiger partial charge < -0.3 is 4.57 Å². The number of aromatic nitrogens is 4. The fourth-order valence-electron chi connectivity index (χ4n) is 6.02. The molecule has 0 saturated carbocycles. The highest BCUT2D eigenvalue weighted by Crippen LogP contribution is 2.36. The fraction of sp³-hybridized carbons (Fsp3) is 0.